The summed E-state index contributed by atoms with van der Waals surface area (Å²) < 4.78 is 34.3. The van der Waals surface area contributed by atoms with Gasteiger partial charge < -0.3 is 52.3 Å². The van der Waals surface area contributed by atoms with E-state index in [2.05, 4.69) is 39.6 Å². The fourth-order valence-corrected chi connectivity index (χ4v) is 16.1. The Morgan fingerprint density at radius 1 is 0.663 bits per heavy atom. The molecule has 0 heterocycles. The van der Waals surface area contributed by atoms with Crippen LogP contribution in [0, 0.1) is 57.2 Å². The Morgan fingerprint density at radius 3 is 1.57 bits per heavy atom. The number of Topliss-reactive ketones (excluding diaryl/α,β-unsaturated/α-hetero) is 4. The molecule has 6 saturated carbocycles. The predicted octanol–water partition coefficient (Wildman–Crippen LogP) is 2.48. The molecule has 0 aromatic heterocycles. The number of hydrogen-bond donors (Lipinski definition) is 11. The molecule has 0 unspecified atom stereocenters. The summed E-state index contributed by atoms with van der Waals surface area (Å²) in [5.41, 5.74) is -2.23. The summed E-state index contributed by atoms with van der Waals surface area (Å²) >= 11 is 0. The van der Waals surface area contributed by atoms with Gasteiger partial charge >= 0.3 is 0 Å². The monoisotopic (exact) mass is 1230 g/mol. The average Bonchev–Trinajstić information content (AvgIpc) is 1.35. The Labute approximate surface area is 506 Å². The Bertz CT molecular complexity index is 2950. The molecular weight excluding hydrogens is 1140 g/mol. The number of nitrogens with one attached hydrogen (secondary N) is 4. The van der Waals surface area contributed by atoms with Gasteiger partial charge in [-0.1, -0.05) is 64.2 Å². The van der Waals surface area contributed by atoms with E-state index >= 15 is 8.78 Å². The molecule has 0 radical (unpaired) electrons. The summed E-state index contributed by atoms with van der Waals surface area (Å²) in [6, 6.07) is 0. The summed E-state index contributed by atoms with van der Waals surface area (Å²) in [6.45, 7) is 18.0. The van der Waals surface area contributed by atoms with Crippen LogP contribution in [0.3, 0.4) is 0 Å². The van der Waals surface area contributed by atoms with Crippen LogP contribution in [0.4, 0.5) is 8.78 Å². The van der Waals surface area contributed by atoms with E-state index in [1.807, 2.05) is 0 Å². The van der Waals surface area contributed by atoms with E-state index in [9.17, 15) is 73.8 Å². The number of halogens is 3. The Kier molecular flexibility index (Phi) is 21.9. The third-order valence-corrected chi connectivity index (χ3v) is 20.9. The number of aliphatic hydroxyl groups is 6. The highest BCUT2D eigenvalue weighted by Gasteiger charge is 2.77. The number of hydrogen-bond acceptors (Lipinski definition) is 17. The number of allylic oxidation sites excluding steroid dienone is 9. The highest BCUT2D eigenvalue weighted by molar-refractivity contribution is 6.06. The van der Waals surface area contributed by atoms with Crippen molar-refractivity contribution in [3.63, 3.8) is 0 Å². The molecule has 0 spiro atoms. The maximum absolute atomic E-state index is 17.4. The van der Waals surface area contributed by atoms with Crippen LogP contribution in [-0.4, -0.2) is 163 Å². The number of hydrazone groups is 1. The Morgan fingerprint density at radius 2 is 1.12 bits per heavy atom. The van der Waals surface area contributed by atoms with Gasteiger partial charge in [-0.15, -0.1) is 12.4 Å². The van der Waals surface area contributed by atoms with Gasteiger partial charge in [0.05, 0.1) is 44.1 Å². The Balaban J connectivity index is 0.000000263. The van der Waals surface area contributed by atoms with Gasteiger partial charge in [-0.2, -0.15) is 5.10 Å². The van der Waals surface area contributed by atoms with E-state index in [0.717, 1.165) is 0 Å². The first kappa shape index (κ1) is 71.0. The van der Waals surface area contributed by atoms with Crippen molar-refractivity contribution in [2.24, 2.45) is 68.0 Å². The zero-order valence-corrected chi connectivity index (χ0v) is 51.2. The van der Waals surface area contributed by atoms with Gasteiger partial charge in [0.15, 0.2) is 40.3 Å². The van der Waals surface area contributed by atoms with E-state index in [1.165, 1.54) is 19.1 Å². The van der Waals surface area contributed by atoms with Crippen LogP contribution >= 0.6 is 12.4 Å². The van der Waals surface area contributed by atoms with E-state index in [0.29, 0.717) is 61.0 Å². The molecule has 86 heavy (non-hydrogen) atoms. The van der Waals surface area contributed by atoms with Crippen molar-refractivity contribution in [2.45, 2.75) is 154 Å². The van der Waals surface area contributed by atoms with Crippen molar-refractivity contribution in [3.8, 4) is 0 Å². The Hall–Kier alpha value is -5.79. The SMILES string of the molecule is C=C(C)C(=O)CCC(=O)NCC(=O)CN.C=C(C)C(=O)NCC(=O)NCC(=O)NN=C1C=C[C@@]2(C)C(=C1)CC[C@H]1[C@@H]3C[C@@H](C)[C@](O)(C(=O)CO)[C@@]3(C)C[C@H](O)[C@@]12F.C[C@@H]1C[C@H]2[C@@H]3CCC4=CC(=O)C=C[C@]4(C)[C@@]3(F)[C@@H](O)C[C@]2(C)[C@@]1(O)C(=O)CO.Cl. The molecule has 8 aliphatic carbocycles. The average molecular weight is 1230 g/mol. The molecule has 8 rings (SSSR count). The maximum atomic E-state index is 17.4. The normalized spacial score (nSPS) is 38.0. The number of carbonyl (C=O) groups is 9. The third kappa shape index (κ3) is 12.0. The lowest BCUT2D eigenvalue weighted by Crippen LogP contribution is -2.69. The minimum atomic E-state index is -2.08. The highest BCUT2D eigenvalue weighted by Crippen LogP contribution is 2.72. The van der Waals surface area contributed by atoms with Crippen LogP contribution in [-0.2, 0) is 43.2 Å². The maximum Gasteiger partial charge on any atom is 0.259 e. The van der Waals surface area contributed by atoms with Crippen LogP contribution in [0.25, 0.3) is 0 Å². The number of amides is 4. The number of fused-ring (bicyclic) bond motifs is 10. The second-order valence-electron chi connectivity index (χ2n) is 25.6. The van der Waals surface area contributed by atoms with Gasteiger partial charge in [-0.05, 0) is 133 Å². The van der Waals surface area contributed by atoms with Gasteiger partial charge in [0.2, 0.25) is 17.7 Å². The lowest BCUT2D eigenvalue weighted by molar-refractivity contribution is -0.219. The van der Waals surface area contributed by atoms with E-state index in [1.54, 1.807) is 72.8 Å². The minimum absolute atomic E-state index is 0. The number of rotatable bonds is 17. The van der Waals surface area contributed by atoms with Crippen LogP contribution in [0.15, 0.2) is 77.0 Å². The van der Waals surface area contributed by atoms with Crippen molar-refractivity contribution >= 4 is 70.7 Å². The number of alkyl halides is 2. The van der Waals surface area contributed by atoms with Gasteiger partial charge in [0, 0.05) is 51.9 Å². The molecule has 24 heteroatoms. The van der Waals surface area contributed by atoms with Crippen LogP contribution in [0.2, 0.25) is 0 Å². The van der Waals surface area contributed by atoms with Crippen molar-refractivity contribution in [1.29, 1.82) is 0 Å². The van der Waals surface area contributed by atoms with Crippen molar-refractivity contribution in [2.75, 3.05) is 39.4 Å². The zero-order chi connectivity index (χ0) is 63.8. The third-order valence-electron chi connectivity index (χ3n) is 20.9. The van der Waals surface area contributed by atoms with Crippen molar-refractivity contribution < 1.29 is 82.6 Å². The second-order valence-corrected chi connectivity index (χ2v) is 25.6. The van der Waals surface area contributed by atoms with Gasteiger partial charge in [0.1, 0.15) is 24.4 Å². The van der Waals surface area contributed by atoms with Gasteiger partial charge in [-0.3, -0.25) is 43.2 Å². The topological polar surface area (TPSA) is 362 Å². The number of carbonyl (C=O) groups excluding carboxylic acids is 9. The summed E-state index contributed by atoms with van der Waals surface area (Å²) in [6.07, 6.45) is 9.20. The zero-order valence-electron chi connectivity index (χ0n) is 50.4. The first-order chi connectivity index (χ1) is 39.5. The molecule has 16 atom stereocenters. The first-order valence-corrected chi connectivity index (χ1v) is 29.0. The van der Waals surface area contributed by atoms with Gasteiger partial charge in [-0.25, -0.2) is 14.2 Å². The summed E-state index contributed by atoms with van der Waals surface area (Å²) in [7, 11) is 0. The molecular formula is C62H87ClF2N6O15. The highest BCUT2D eigenvalue weighted by atomic mass is 35.5. The number of nitrogens with zero attached hydrogens (tertiary/aromatic N) is 1. The quantitative estimate of drug-likeness (QED) is 0.0736. The summed E-state index contributed by atoms with van der Waals surface area (Å²) in [4.78, 5) is 106. The van der Waals surface area contributed by atoms with Crippen LogP contribution < -0.4 is 27.1 Å². The largest absolute Gasteiger partial charge is 0.390 e. The van der Waals surface area contributed by atoms with Gasteiger partial charge in [0.25, 0.3) is 5.91 Å². The van der Waals surface area contributed by atoms with Crippen molar-refractivity contribution in [3.05, 3.63) is 71.9 Å². The molecule has 0 bridgehead atoms. The van der Waals surface area contributed by atoms with E-state index < -0.39 is 123 Å². The van der Waals surface area contributed by atoms with E-state index in [4.69, 9.17) is 5.73 Å². The number of nitrogens with two attached hydrogens (primary N) is 1. The van der Waals surface area contributed by atoms with Crippen LogP contribution in [0.1, 0.15) is 120 Å². The first-order valence-electron chi connectivity index (χ1n) is 29.0. The lowest BCUT2D eigenvalue weighted by Gasteiger charge is -2.62. The molecule has 4 amide bonds. The molecule has 0 aliphatic heterocycles. The molecule has 6 fully saturated rings. The molecule has 8 aliphatic rings. The fraction of sp³-hybridized carbons (Fsp3) is 0.645. The smallest absolute Gasteiger partial charge is 0.259 e. The van der Waals surface area contributed by atoms with Crippen molar-refractivity contribution in [1.82, 2.24) is 21.4 Å². The molecule has 12 N–H and O–H groups in total. The fourth-order valence-electron chi connectivity index (χ4n) is 16.1. The molecule has 0 aromatic rings. The molecule has 0 saturated heterocycles. The lowest BCUT2D eigenvalue weighted by atomic mass is 9.44. The summed E-state index contributed by atoms with van der Waals surface area (Å²) in [5, 5.41) is 75.8. The van der Waals surface area contributed by atoms with Crippen LogP contribution in [0.5, 0.6) is 0 Å². The number of ketones is 5. The number of aliphatic hydroxyl groups excluding tert-OH is 4. The molecule has 21 nitrogen and oxygen atoms in total. The predicted molar refractivity (Wildman–Crippen MR) is 315 cm³/mol. The van der Waals surface area contributed by atoms with E-state index in [-0.39, 0.29) is 105 Å². The second kappa shape index (κ2) is 26.5. The molecule has 476 valence electrons. The summed E-state index contributed by atoms with van der Waals surface area (Å²) in [5.74, 6) is -6.69. The standard InChI is InChI=1S/C30H41FN4O7.C22H29FO5.C10H16N2O3.ClH/c1-16(2)26(41)33-13-24(39)32-14-25(40)35-34-19-8-9-27(4)18(11-19)6-7-20-21-10-17(3)30(42,23(38)15-36)28(21,5)12-22(37)29(20,27)31;1-12-8-16-15-5-4-13-9-14(25)6-7-19(13,2)21(15,23)17(26)10-20(16,3)22(12,28)18(27)11-24;1-7(2)9(14)3-4-10(15)12-6-8(13)5-11;/h8-9,11,17,20-22,36-37,42H,1,6-7,10,12-15H2,2-5H3,(H,32,39)(H,33,41)(H,35,40);6-7,9,12,15-17,24,26,28H,4-5,8,10-11H2,1-3H3;1,3-6,11H2,2H3,(H,12,15);1H/t17-,20+,21+,22+,27+,28+,29+,30+;12-,15+,16+,17+,19+,20+,21+,22+;;/m11../s1. The minimum Gasteiger partial charge on any atom is -0.390 e. The molecule has 0 aromatic carbocycles.